The van der Waals surface area contributed by atoms with E-state index in [2.05, 4.69) is 43.9 Å². The van der Waals surface area contributed by atoms with E-state index in [4.69, 9.17) is 14.7 Å². The molecule has 0 bridgehead atoms. The lowest BCUT2D eigenvalue weighted by Crippen LogP contribution is -2.40. The Kier molecular flexibility index (Phi) is 7.87. The van der Waals surface area contributed by atoms with Gasteiger partial charge in [-0.25, -0.2) is 0 Å². The highest BCUT2D eigenvalue weighted by atomic mass is 28.4. The second kappa shape index (κ2) is 9.94. The van der Waals surface area contributed by atoms with Crippen LogP contribution in [0.2, 0.25) is 18.1 Å². The van der Waals surface area contributed by atoms with Gasteiger partial charge >= 0.3 is 0 Å². The zero-order valence-corrected chi connectivity index (χ0v) is 18.9. The van der Waals surface area contributed by atoms with E-state index in [1.165, 1.54) is 0 Å². The van der Waals surface area contributed by atoms with Crippen molar-refractivity contribution in [2.24, 2.45) is 5.11 Å². The number of aliphatic hydroxyl groups excluding tert-OH is 1. The van der Waals surface area contributed by atoms with Crippen LogP contribution in [0, 0.1) is 0 Å². The number of aliphatic hydroxyl groups is 1. The van der Waals surface area contributed by atoms with Crippen molar-refractivity contribution < 1.29 is 14.3 Å². The van der Waals surface area contributed by atoms with E-state index in [1.807, 2.05) is 42.5 Å². The minimum Gasteiger partial charge on any atom is -0.489 e. The molecule has 0 aliphatic rings. The first-order valence-corrected chi connectivity index (χ1v) is 12.7. The Balaban J connectivity index is 2.24. The van der Waals surface area contributed by atoms with Gasteiger partial charge in [0, 0.05) is 10.5 Å². The summed E-state index contributed by atoms with van der Waals surface area (Å²) in [6.45, 7) is 11.9. The van der Waals surface area contributed by atoms with Gasteiger partial charge in [0.1, 0.15) is 12.4 Å². The second-order valence-corrected chi connectivity index (χ2v) is 13.4. The molecule has 0 radical (unpaired) electrons. The van der Waals surface area contributed by atoms with E-state index in [-0.39, 0.29) is 11.6 Å². The van der Waals surface area contributed by atoms with Gasteiger partial charge in [-0.2, -0.15) is 0 Å². The topological polar surface area (TPSA) is 87.5 Å². The Labute approximate surface area is 174 Å². The predicted octanol–water partition coefficient (Wildman–Crippen LogP) is 6.13. The molecule has 0 fully saturated rings. The molecule has 0 aliphatic heterocycles. The van der Waals surface area contributed by atoms with Crippen molar-refractivity contribution in [3.63, 3.8) is 0 Å². The third kappa shape index (κ3) is 6.61. The minimum absolute atomic E-state index is 0.0107. The summed E-state index contributed by atoms with van der Waals surface area (Å²) in [5, 5.41) is 13.9. The second-order valence-electron chi connectivity index (χ2n) is 8.62. The van der Waals surface area contributed by atoms with Gasteiger partial charge in [0.05, 0.1) is 19.3 Å². The van der Waals surface area contributed by atoms with Crippen molar-refractivity contribution in [2.75, 3.05) is 6.54 Å². The van der Waals surface area contributed by atoms with Crippen LogP contribution in [0.1, 0.15) is 43.6 Å². The molecule has 1 N–H and O–H groups in total. The van der Waals surface area contributed by atoms with Crippen LogP contribution in [0.5, 0.6) is 5.75 Å². The summed E-state index contributed by atoms with van der Waals surface area (Å²) in [6.07, 6.45) is -0.860. The zero-order chi connectivity index (χ0) is 21.5. The van der Waals surface area contributed by atoms with Gasteiger partial charge in [0.15, 0.2) is 8.32 Å². The molecule has 2 aromatic carbocycles. The molecular formula is C22H31N3O3Si. The van der Waals surface area contributed by atoms with Crippen molar-refractivity contribution in [1.29, 1.82) is 0 Å². The standard InChI is InChI=1S/C22H31N3O3Si/c1-22(2,3)29(4,5)28-16-19-13-18(20(26)14-24-25-23)11-12-21(19)27-15-17-9-7-6-8-10-17/h6-13,20,26H,14-16H2,1-5H3. The highest BCUT2D eigenvalue weighted by molar-refractivity contribution is 6.74. The fourth-order valence-corrected chi connectivity index (χ4v) is 3.44. The number of hydrogen-bond acceptors (Lipinski definition) is 4. The largest absolute Gasteiger partial charge is 0.489 e. The average Bonchev–Trinajstić information content (AvgIpc) is 2.69. The summed E-state index contributed by atoms with van der Waals surface area (Å²) in [5.41, 5.74) is 11.1. The Morgan fingerprint density at radius 3 is 2.41 bits per heavy atom. The smallest absolute Gasteiger partial charge is 0.192 e. The predicted molar refractivity (Wildman–Crippen MR) is 118 cm³/mol. The summed E-state index contributed by atoms with van der Waals surface area (Å²) in [4.78, 5) is 2.72. The van der Waals surface area contributed by atoms with Crippen molar-refractivity contribution in [2.45, 2.75) is 58.2 Å². The van der Waals surface area contributed by atoms with E-state index in [9.17, 15) is 5.11 Å². The maximum absolute atomic E-state index is 10.3. The molecule has 1 atom stereocenters. The summed E-state index contributed by atoms with van der Waals surface area (Å²) in [7, 11) is -1.95. The monoisotopic (exact) mass is 413 g/mol. The summed E-state index contributed by atoms with van der Waals surface area (Å²) < 4.78 is 12.4. The maximum atomic E-state index is 10.3. The first-order chi connectivity index (χ1) is 13.6. The molecule has 7 heteroatoms. The van der Waals surface area contributed by atoms with E-state index in [1.54, 1.807) is 6.07 Å². The van der Waals surface area contributed by atoms with Crippen molar-refractivity contribution >= 4 is 8.32 Å². The van der Waals surface area contributed by atoms with E-state index in [0.29, 0.717) is 18.8 Å². The number of azide groups is 1. The molecular weight excluding hydrogens is 382 g/mol. The maximum Gasteiger partial charge on any atom is 0.192 e. The van der Waals surface area contributed by atoms with Crippen LogP contribution in [0.25, 0.3) is 10.4 Å². The Morgan fingerprint density at radius 2 is 1.79 bits per heavy atom. The van der Waals surface area contributed by atoms with Crippen molar-refractivity contribution in [3.05, 3.63) is 75.7 Å². The lowest BCUT2D eigenvalue weighted by Gasteiger charge is -2.36. The summed E-state index contributed by atoms with van der Waals surface area (Å²) in [5.74, 6) is 0.729. The first kappa shape index (κ1) is 23.0. The minimum atomic E-state index is -1.95. The molecule has 0 aromatic heterocycles. The number of nitrogens with zero attached hydrogens (tertiary/aromatic N) is 3. The van der Waals surface area contributed by atoms with Crippen LogP contribution >= 0.6 is 0 Å². The van der Waals surface area contributed by atoms with Gasteiger partial charge < -0.3 is 14.3 Å². The fraction of sp³-hybridized carbons (Fsp3) is 0.455. The van der Waals surface area contributed by atoms with E-state index in [0.717, 1.165) is 16.9 Å². The van der Waals surface area contributed by atoms with E-state index >= 15 is 0 Å². The molecule has 0 heterocycles. The van der Waals surface area contributed by atoms with Crippen LogP contribution in [0.4, 0.5) is 0 Å². The van der Waals surface area contributed by atoms with E-state index < -0.39 is 14.4 Å². The van der Waals surface area contributed by atoms with Crippen LogP contribution in [0.3, 0.4) is 0 Å². The van der Waals surface area contributed by atoms with Crippen LogP contribution < -0.4 is 4.74 Å². The SMILES string of the molecule is CC(C)(C)[Si](C)(C)OCc1cc(C(O)CN=[N+]=[N-])ccc1OCc1ccccc1. The van der Waals surface area contributed by atoms with Crippen molar-refractivity contribution in [1.82, 2.24) is 0 Å². The summed E-state index contributed by atoms with van der Waals surface area (Å²) >= 11 is 0. The van der Waals surface area contributed by atoms with Crippen LogP contribution in [-0.2, 0) is 17.6 Å². The third-order valence-electron chi connectivity index (χ3n) is 5.42. The normalized spacial score (nSPS) is 12.9. The van der Waals surface area contributed by atoms with Gasteiger partial charge in [-0.3, -0.25) is 0 Å². The Morgan fingerprint density at radius 1 is 1.10 bits per heavy atom. The fourth-order valence-electron chi connectivity index (χ4n) is 2.49. The van der Waals surface area contributed by atoms with Gasteiger partial charge in [0.2, 0.25) is 0 Å². The van der Waals surface area contributed by atoms with Crippen LogP contribution in [0.15, 0.2) is 53.6 Å². The van der Waals surface area contributed by atoms with Gasteiger partial charge in [-0.15, -0.1) is 0 Å². The quantitative estimate of drug-likeness (QED) is 0.232. The average molecular weight is 414 g/mol. The number of ether oxygens (including phenoxy) is 1. The Hall–Kier alpha value is -2.31. The molecule has 0 aliphatic carbocycles. The molecule has 156 valence electrons. The van der Waals surface area contributed by atoms with Crippen LogP contribution in [-0.4, -0.2) is 20.0 Å². The highest BCUT2D eigenvalue weighted by Gasteiger charge is 2.37. The van der Waals surface area contributed by atoms with Gasteiger partial charge in [-0.1, -0.05) is 62.3 Å². The molecule has 0 amide bonds. The molecule has 0 spiro atoms. The van der Waals surface area contributed by atoms with Gasteiger partial charge in [0.25, 0.3) is 0 Å². The molecule has 2 aromatic rings. The lowest BCUT2D eigenvalue weighted by molar-refractivity contribution is 0.186. The molecule has 2 rings (SSSR count). The number of hydrogen-bond donors (Lipinski definition) is 1. The zero-order valence-electron chi connectivity index (χ0n) is 17.9. The molecule has 29 heavy (non-hydrogen) atoms. The third-order valence-corrected chi connectivity index (χ3v) is 9.90. The molecule has 6 nitrogen and oxygen atoms in total. The lowest BCUT2D eigenvalue weighted by atomic mass is 10.1. The van der Waals surface area contributed by atoms with Crippen molar-refractivity contribution in [3.8, 4) is 5.75 Å². The number of rotatable bonds is 9. The van der Waals surface area contributed by atoms with Gasteiger partial charge in [-0.05, 0) is 46.9 Å². The molecule has 0 saturated heterocycles. The number of benzene rings is 2. The molecule has 0 saturated carbocycles. The molecule has 1 unspecified atom stereocenters. The first-order valence-electron chi connectivity index (χ1n) is 9.76. The summed E-state index contributed by atoms with van der Waals surface area (Å²) in [6, 6.07) is 15.5. The highest BCUT2D eigenvalue weighted by Crippen LogP contribution is 2.38. The Bertz CT molecular complexity index is 844.